The van der Waals surface area contributed by atoms with Crippen molar-refractivity contribution in [3.05, 3.63) is 35.4 Å². The van der Waals surface area contributed by atoms with E-state index in [9.17, 15) is 13.6 Å². The highest BCUT2D eigenvalue weighted by atomic mass is 19.2. The average Bonchev–Trinajstić information content (AvgIpc) is 2.85. The molecule has 1 fully saturated rings. The van der Waals surface area contributed by atoms with Gasteiger partial charge in [-0.3, -0.25) is 0 Å². The third kappa shape index (κ3) is 5.46. The standard InChI is InChI=1S/C17H24F2N2O2/c1-17(2,3)23-16(22)21-15-6-4-5-14(15)20-10-11-7-8-12(18)13(19)9-11/h7-9,14-15,20H,4-6,10H2,1-3H3,(H,21,22). The lowest BCUT2D eigenvalue weighted by Crippen LogP contribution is -2.47. The van der Waals surface area contributed by atoms with E-state index in [-0.39, 0.29) is 12.1 Å². The molecule has 2 unspecified atom stereocenters. The third-order valence-corrected chi connectivity index (χ3v) is 3.77. The molecule has 2 N–H and O–H groups in total. The lowest BCUT2D eigenvalue weighted by atomic mass is 10.1. The molecule has 0 aromatic heterocycles. The van der Waals surface area contributed by atoms with Gasteiger partial charge in [0.15, 0.2) is 11.6 Å². The minimum Gasteiger partial charge on any atom is -0.444 e. The second-order valence-electron chi connectivity index (χ2n) is 6.92. The van der Waals surface area contributed by atoms with E-state index in [1.165, 1.54) is 6.07 Å². The van der Waals surface area contributed by atoms with Gasteiger partial charge in [0.2, 0.25) is 0 Å². The van der Waals surface area contributed by atoms with Crippen LogP contribution in [0.4, 0.5) is 13.6 Å². The Kier molecular flexibility index (Phi) is 5.57. The topological polar surface area (TPSA) is 50.4 Å². The minimum absolute atomic E-state index is 0.0184. The lowest BCUT2D eigenvalue weighted by molar-refractivity contribution is 0.0498. The first-order valence-corrected chi connectivity index (χ1v) is 7.91. The minimum atomic E-state index is -0.848. The first kappa shape index (κ1) is 17.7. The molecular weight excluding hydrogens is 302 g/mol. The summed E-state index contributed by atoms with van der Waals surface area (Å²) in [5.74, 6) is -1.70. The molecule has 1 aromatic carbocycles. The van der Waals surface area contributed by atoms with Gasteiger partial charge in [-0.15, -0.1) is 0 Å². The molecule has 2 rings (SSSR count). The van der Waals surface area contributed by atoms with Crippen molar-refractivity contribution >= 4 is 6.09 Å². The van der Waals surface area contributed by atoms with Crippen molar-refractivity contribution in [3.63, 3.8) is 0 Å². The number of rotatable bonds is 4. The van der Waals surface area contributed by atoms with Crippen LogP contribution in [-0.2, 0) is 11.3 Å². The largest absolute Gasteiger partial charge is 0.444 e. The first-order chi connectivity index (χ1) is 10.7. The molecule has 128 valence electrons. The second kappa shape index (κ2) is 7.25. The zero-order valence-electron chi connectivity index (χ0n) is 13.8. The van der Waals surface area contributed by atoms with E-state index in [4.69, 9.17) is 4.74 Å². The van der Waals surface area contributed by atoms with Crippen molar-refractivity contribution in [1.29, 1.82) is 0 Å². The van der Waals surface area contributed by atoms with Crippen LogP contribution in [0.5, 0.6) is 0 Å². The van der Waals surface area contributed by atoms with Crippen LogP contribution in [0.15, 0.2) is 18.2 Å². The Morgan fingerprint density at radius 1 is 1.22 bits per heavy atom. The molecule has 6 heteroatoms. The Labute approximate surface area is 135 Å². The van der Waals surface area contributed by atoms with Crippen LogP contribution in [0.25, 0.3) is 0 Å². The number of ether oxygens (including phenoxy) is 1. The number of amides is 1. The number of halogens is 2. The molecule has 0 heterocycles. The number of carbonyl (C=O) groups excluding carboxylic acids is 1. The van der Waals surface area contributed by atoms with Crippen LogP contribution in [-0.4, -0.2) is 23.8 Å². The van der Waals surface area contributed by atoms with Gasteiger partial charge in [-0.05, 0) is 57.7 Å². The van der Waals surface area contributed by atoms with E-state index >= 15 is 0 Å². The van der Waals surface area contributed by atoms with Gasteiger partial charge in [0.1, 0.15) is 5.60 Å². The second-order valence-corrected chi connectivity index (χ2v) is 6.92. The van der Waals surface area contributed by atoms with Crippen LogP contribution in [0.1, 0.15) is 45.6 Å². The summed E-state index contributed by atoms with van der Waals surface area (Å²) in [5.41, 5.74) is 0.142. The van der Waals surface area contributed by atoms with Crippen LogP contribution in [0.2, 0.25) is 0 Å². The SMILES string of the molecule is CC(C)(C)OC(=O)NC1CCCC1NCc1ccc(F)c(F)c1. The zero-order valence-corrected chi connectivity index (χ0v) is 13.8. The van der Waals surface area contributed by atoms with Gasteiger partial charge in [-0.25, -0.2) is 13.6 Å². The predicted octanol–water partition coefficient (Wildman–Crippen LogP) is 3.50. The van der Waals surface area contributed by atoms with E-state index in [1.54, 1.807) is 6.07 Å². The van der Waals surface area contributed by atoms with Gasteiger partial charge in [0.25, 0.3) is 0 Å². The fourth-order valence-electron chi connectivity index (χ4n) is 2.73. The third-order valence-electron chi connectivity index (χ3n) is 3.77. The van der Waals surface area contributed by atoms with Gasteiger partial charge in [0, 0.05) is 18.6 Å². The normalized spacial score (nSPS) is 21.3. The van der Waals surface area contributed by atoms with Crippen molar-refractivity contribution in [3.8, 4) is 0 Å². The fraction of sp³-hybridized carbons (Fsp3) is 0.588. The predicted molar refractivity (Wildman–Crippen MR) is 84.0 cm³/mol. The fourth-order valence-corrected chi connectivity index (χ4v) is 2.73. The van der Waals surface area contributed by atoms with Gasteiger partial charge in [-0.1, -0.05) is 6.07 Å². The Bertz CT molecular complexity index is 558. The molecule has 1 amide bonds. The Morgan fingerprint density at radius 2 is 1.91 bits per heavy atom. The Hall–Kier alpha value is -1.69. The molecule has 2 atom stereocenters. The molecule has 1 aromatic rings. The highest BCUT2D eigenvalue weighted by Crippen LogP contribution is 2.20. The summed E-state index contributed by atoms with van der Waals surface area (Å²) >= 11 is 0. The number of nitrogens with one attached hydrogen (secondary N) is 2. The van der Waals surface area contributed by atoms with Crippen molar-refractivity contribution in [2.24, 2.45) is 0 Å². The van der Waals surface area contributed by atoms with Gasteiger partial charge in [-0.2, -0.15) is 0 Å². The molecule has 0 spiro atoms. The first-order valence-electron chi connectivity index (χ1n) is 7.91. The van der Waals surface area contributed by atoms with Crippen molar-refractivity contribution < 1.29 is 18.3 Å². The molecule has 0 radical (unpaired) electrons. The molecule has 0 bridgehead atoms. The van der Waals surface area contributed by atoms with E-state index in [2.05, 4.69) is 10.6 Å². The quantitative estimate of drug-likeness (QED) is 0.890. The highest BCUT2D eigenvalue weighted by Gasteiger charge is 2.29. The highest BCUT2D eigenvalue weighted by molar-refractivity contribution is 5.68. The molecular formula is C17H24F2N2O2. The smallest absolute Gasteiger partial charge is 0.407 e. The average molecular weight is 326 g/mol. The summed E-state index contributed by atoms with van der Waals surface area (Å²) in [6, 6.07) is 3.94. The number of hydrogen-bond donors (Lipinski definition) is 2. The van der Waals surface area contributed by atoms with E-state index < -0.39 is 23.3 Å². The maximum atomic E-state index is 13.2. The number of carbonyl (C=O) groups is 1. The number of hydrogen-bond acceptors (Lipinski definition) is 3. The summed E-state index contributed by atoms with van der Waals surface area (Å²) < 4.78 is 31.4. The monoisotopic (exact) mass is 326 g/mol. The van der Waals surface area contributed by atoms with Crippen LogP contribution >= 0.6 is 0 Å². The summed E-state index contributed by atoms with van der Waals surface area (Å²) in [7, 11) is 0. The van der Waals surface area contributed by atoms with Crippen molar-refractivity contribution in [2.75, 3.05) is 0 Å². The molecule has 1 saturated carbocycles. The molecule has 0 aliphatic heterocycles. The summed E-state index contributed by atoms with van der Waals surface area (Å²) in [6.45, 7) is 5.88. The molecule has 0 saturated heterocycles. The van der Waals surface area contributed by atoms with Crippen molar-refractivity contribution in [2.45, 2.75) is 64.3 Å². The molecule has 1 aliphatic carbocycles. The van der Waals surface area contributed by atoms with Gasteiger partial charge >= 0.3 is 6.09 Å². The van der Waals surface area contributed by atoms with Crippen molar-refractivity contribution in [1.82, 2.24) is 10.6 Å². The van der Waals surface area contributed by atoms with Crippen LogP contribution in [0.3, 0.4) is 0 Å². The Morgan fingerprint density at radius 3 is 2.57 bits per heavy atom. The molecule has 4 nitrogen and oxygen atoms in total. The number of alkyl carbamates (subject to hydrolysis) is 1. The summed E-state index contributed by atoms with van der Waals surface area (Å²) in [5, 5.41) is 6.19. The van der Waals surface area contributed by atoms with E-state index in [0.717, 1.165) is 25.3 Å². The van der Waals surface area contributed by atoms with Crippen LogP contribution < -0.4 is 10.6 Å². The maximum Gasteiger partial charge on any atom is 0.407 e. The number of benzene rings is 1. The van der Waals surface area contributed by atoms with Gasteiger partial charge in [0.05, 0.1) is 0 Å². The van der Waals surface area contributed by atoms with E-state index in [1.807, 2.05) is 20.8 Å². The zero-order chi connectivity index (χ0) is 17.0. The van der Waals surface area contributed by atoms with E-state index in [0.29, 0.717) is 12.1 Å². The summed E-state index contributed by atoms with van der Waals surface area (Å²) in [4.78, 5) is 11.9. The van der Waals surface area contributed by atoms with Crippen LogP contribution in [0, 0.1) is 11.6 Å². The summed E-state index contributed by atoms with van der Waals surface area (Å²) in [6.07, 6.45) is 2.36. The van der Waals surface area contributed by atoms with Gasteiger partial charge < -0.3 is 15.4 Å². The maximum absolute atomic E-state index is 13.2. The molecule has 1 aliphatic rings. The Balaban J connectivity index is 1.86. The lowest BCUT2D eigenvalue weighted by Gasteiger charge is -2.25. The molecule has 23 heavy (non-hydrogen) atoms.